The molecule has 2 aromatic heterocycles. The molecule has 0 saturated carbocycles. The molecule has 1 N–H and O–H groups in total. The van der Waals surface area contributed by atoms with Gasteiger partial charge in [-0.1, -0.05) is 6.92 Å². The summed E-state index contributed by atoms with van der Waals surface area (Å²) in [7, 11) is 0. The fourth-order valence-corrected chi connectivity index (χ4v) is 2.86. The van der Waals surface area contributed by atoms with Crippen LogP contribution in [-0.2, 0) is 20.7 Å². The lowest BCUT2D eigenvalue weighted by Gasteiger charge is -2.08. The molecule has 0 aromatic carbocycles. The molecule has 0 aliphatic rings. The van der Waals surface area contributed by atoms with E-state index in [0.29, 0.717) is 17.1 Å². The van der Waals surface area contributed by atoms with Crippen LogP contribution in [0.1, 0.15) is 25.2 Å². The summed E-state index contributed by atoms with van der Waals surface area (Å²) in [5.74, 6) is -2.01. The summed E-state index contributed by atoms with van der Waals surface area (Å²) in [6, 6.07) is 0. The number of rotatable bonds is 3. The summed E-state index contributed by atoms with van der Waals surface area (Å²) in [6.45, 7) is 5.21. The number of hydrogen-bond acceptors (Lipinski definition) is 6. The van der Waals surface area contributed by atoms with Gasteiger partial charge in [-0.25, -0.2) is 9.78 Å². The molecule has 0 spiro atoms. The number of aryl methyl sites for hydroxylation is 2. The quantitative estimate of drug-likeness (QED) is 0.678. The molecule has 8 heteroatoms. The molecule has 0 fully saturated rings. The Kier molecular flexibility index (Phi) is 4.37. The van der Waals surface area contributed by atoms with E-state index in [4.69, 9.17) is 0 Å². The van der Waals surface area contributed by atoms with Crippen molar-refractivity contribution in [2.75, 3.05) is 11.9 Å². The normalized spacial score (nSPS) is 10.6. The Balaban J connectivity index is 2.47. The number of carbonyl (C=O) groups is 2. The molecule has 0 aliphatic carbocycles. The molecule has 0 bridgehead atoms. The summed E-state index contributed by atoms with van der Waals surface area (Å²) >= 11 is 1.36. The Morgan fingerprint density at radius 2 is 2.14 bits per heavy atom. The average molecular weight is 309 g/mol. The zero-order valence-corrected chi connectivity index (χ0v) is 12.7. The fraction of sp³-hybridized carbons (Fsp3) is 0.385. The minimum atomic E-state index is -1.03. The molecule has 112 valence electrons. The maximum Gasteiger partial charge on any atom is 0.397 e. The van der Waals surface area contributed by atoms with Crippen LogP contribution >= 0.6 is 11.3 Å². The van der Waals surface area contributed by atoms with E-state index < -0.39 is 17.4 Å². The Morgan fingerprint density at radius 3 is 2.76 bits per heavy atom. The van der Waals surface area contributed by atoms with Crippen LogP contribution in [0, 0.1) is 6.92 Å². The molecule has 0 atom stereocenters. The van der Waals surface area contributed by atoms with Gasteiger partial charge in [-0.3, -0.25) is 14.0 Å². The number of nitrogens with one attached hydrogen (secondary N) is 1. The van der Waals surface area contributed by atoms with Crippen molar-refractivity contribution in [3.63, 3.8) is 0 Å². The van der Waals surface area contributed by atoms with Crippen molar-refractivity contribution in [3.8, 4) is 0 Å². The highest BCUT2D eigenvalue weighted by molar-refractivity contribution is 7.15. The highest BCUT2D eigenvalue weighted by Crippen LogP contribution is 2.16. The minimum Gasteiger partial charge on any atom is -0.459 e. The lowest BCUT2D eigenvalue weighted by molar-refractivity contribution is -0.152. The predicted octanol–water partition coefficient (Wildman–Crippen LogP) is 1.13. The lowest BCUT2D eigenvalue weighted by atomic mass is 10.3. The van der Waals surface area contributed by atoms with E-state index in [1.165, 1.54) is 15.7 Å². The summed E-state index contributed by atoms with van der Waals surface area (Å²) < 4.78 is 6.04. The van der Waals surface area contributed by atoms with Gasteiger partial charge in [-0.2, -0.15) is 0 Å². The molecule has 7 nitrogen and oxygen atoms in total. The summed E-state index contributed by atoms with van der Waals surface area (Å²) in [5.41, 5.74) is 0.771. The van der Waals surface area contributed by atoms with Crippen molar-refractivity contribution in [3.05, 3.63) is 27.1 Å². The lowest BCUT2D eigenvalue weighted by Crippen LogP contribution is -2.30. The van der Waals surface area contributed by atoms with Crippen LogP contribution in [0.15, 0.2) is 10.2 Å². The van der Waals surface area contributed by atoms with Gasteiger partial charge in [0.1, 0.15) is 5.69 Å². The first-order valence-corrected chi connectivity index (χ1v) is 7.35. The molecule has 1 amide bonds. The molecule has 2 aromatic rings. The highest BCUT2D eigenvalue weighted by atomic mass is 32.1. The van der Waals surface area contributed by atoms with Crippen molar-refractivity contribution >= 4 is 33.9 Å². The topological polar surface area (TPSA) is 89.8 Å². The van der Waals surface area contributed by atoms with Gasteiger partial charge in [-0.05, 0) is 20.3 Å². The first kappa shape index (κ1) is 15.2. The third kappa shape index (κ3) is 2.80. The number of amides is 1. The van der Waals surface area contributed by atoms with E-state index >= 15 is 0 Å². The van der Waals surface area contributed by atoms with Gasteiger partial charge >= 0.3 is 11.9 Å². The number of nitrogens with zero attached hydrogens (tertiary/aromatic N) is 2. The Morgan fingerprint density at radius 1 is 1.43 bits per heavy atom. The van der Waals surface area contributed by atoms with E-state index in [0.717, 1.165) is 5.69 Å². The average Bonchev–Trinajstić information content (AvgIpc) is 2.86. The standard InChI is InChI=1S/C13H15N3O4S/c1-4-8-6-21-13-14-7(3)9(11(18)16(8)13)15-10(17)12(19)20-5-2/h6H,4-5H2,1-3H3,(H,15,17). The number of thiazole rings is 1. The second-order valence-electron chi connectivity index (χ2n) is 4.25. The molecule has 21 heavy (non-hydrogen) atoms. The molecule has 0 radical (unpaired) electrons. The zero-order chi connectivity index (χ0) is 15.6. The number of aromatic nitrogens is 2. The fourth-order valence-electron chi connectivity index (χ4n) is 1.86. The van der Waals surface area contributed by atoms with Crippen LogP contribution in [0.4, 0.5) is 5.69 Å². The second-order valence-corrected chi connectivity index (χ2v) is 5.09. The SMILES string of the molecule is CCOC(=O)C(=O)Nc1c(C)nc2scc(CC)n2c1=O. The van der Waals surface area contributed by atoms with Crippen molar-refractivity contribution in [1.82, 2.24) is 9.38 Å². The number of fused-ring (bicyclic) bond motifs is 1. The van der Waals surface area contributed by atoms with E-state index in [1.54, 1.807) is 13.8 Å². The van der Waals surface area contributed by atoms with Crippen LogP contribution in [0.2, 0.25) is 0 Å². The first-order valence-electron chi connectivity index (χ1n) is 6.47. The maximum absolute atomic E-state index is 12.5. The molecule has 0 saturated heterocycles. The molecule has 0 unspecified atom stereocenters. The van der Waals surface area contributed by atoms with Gasteiger partial charge in [0.25, 0.3) is 5.56 Å². The highest BCUT2D eigenvalue weighted by Gasteiger charge is 2.20. The van der Waals surface area contributed by atoms with Crippen molar-refractivity contribution < 1.29 is 14.3 Å². The van der Waals surface area contributed by atoms with Gasteiger partial charge in [-0.15, -0.1) is 11.3 Å². The molecule has 2 rings (SSSR count). The second kappa shape index (κ2) is 6.04. The maximum atomic E-state index is 12.5. The smallest absolute Gasteiger partial charge is 0.397 e. The van der Waals surface area contributed by atoms with Crippen LogP contribution in [0.3, 0.4) is 0 Å². The van der Waals surface area contributed by atoms with Crippen LogP contribution in [-0.4, -0.2) is 27.9 Å². The molecular weight excluding hydrogens is 294 g/mol. The van der Waals surface area contributed by atoms with Gasteiger partial charge in [0.2, 0.25) is 0 Å². The first-order chi connectivity index (χ1) is 9.99. The Bertz CT molecular complexity index is 763. The van der Waals surface area contributed by atoms with Crippen LogP contribution < -0.4 is 10.9 Å². The van der Waals surface area contributed by atoms with Crippen LogP contribution in [0.25, 0.3) is 4.96 Å². The van der Waals surface area contributed by atoms with Gasteiger partial charge < -0.3 is 10.1 Å². The van der Waals surface area contributed by atoms with E-state index in [1.807, 2.05) is 12.3 Å². The minimum absolute atomic E-state index is 0.00125. The number of hydrogen-bond donors (Lipinski definition) is 1. The van der Waals surface area contributed by atoms with E-state index in [9.17, 15) is 14.4 Å². The third-order valence-corrected chi connectivity index (χ3v) is 3.76. The largest absolute Gasteiger partial charge is 0.459 e. The zero-order valence-electron chi connectivity index (χ0n) is 11.9. The summed E-state index contributed by atoms with van der Waals surface area (Å²) in [5, 5.41) is 4.14. The number of anilines is 1. The van der Waals surface area contributed by atoms with Gasteiger partial charge in [0, 0.05) is 11.1 Å². The predicted molar refractivity (Wildman–Crippen MR) is 78.7 cm³/mol. The number of carbonyl (C=O) groups excluding carboxylic acids is 2. The number of esters is 1. The molecule has 0 aliphatic heterocycles. The number of ether oxygens (including phenoxy) is 1. The van der Waals surface area contributed by atoms with Crippen molar-refractivity contribution in [1.29, 1.82) is 0 Å². The third-order valence-electron chi connectivity index (χ3n) is 2.88. The Labute approximate surface area is 124 Å². The van der Waals surface area contributed by atoms with E-state index in [-0.39, 0.29) is 12.3 Å². The summed E-state index contributed by atoms with van der Waals surface area (Å²) in [4.78, 5) is 40.3. The summed E-state index contributed by atoms with van der Waals surface area (Å²) in [6.07, 6.45) is 0.663. The van der Waals surface area contributed by atoms with Crippen molar-refractivity contribution in [2.24, 2.45) is 0 Å². The monoisotopic (exact) mass is 309 g/mol. The van der Waals surface area contributed by atoms with Crippen LogP contribution in [0.5, 0.6) is 0 Å². The van der Waals surface area contributed by atoms with Crippen molar-refractivity contribution in [2.45, 2.75) is 27.2 Å². The van der Waals surface area contributed by atoms with Gasteiger partial charge in [0.05, 0.1) is 12.3 Å². The molecule has 2 heterocycles. The van der Waals surface area contributed by atoms with E-state index in [2.05, 4.69) is 15.0 Å². The van der Waals surface area contributed by atoms with Gasteiger partial charge in [0.15, 0.2) is 4.96 Å². The Hall–Kier alpha value is -2.22. The molecular formula is C13H15N3O4S.